The molecule has 3 aromatic rings. The number of aryl methyl sites for hydroxylation is 2. The topological polar surface area (TPSA) is 61.1 Å². The highest BCUT2D eigenvalue weighted by molar-refractivity contribution is 5.88. The molecule has 0 saturated carbocycles. The molecule has 3 aliphatic rings. The van der Waals surface area contributed by atoms with Crippen molar-refractivity contribution in [2.24, 2.45) is 0 Å². The lowest BCUT2D eigenvalue weighted by atomic mass is 9.99. The zero-order valence-corrected chi connectivity index (χ0v) is 15.5. The van der Waals surface area contributed by atoms with Gasteiger partial charge in [-0.15, -0.1) is 0 Å². The van der Waals surface area contributed by atoms with Gasteiger partial charge in [0.05, 0.1) is 0 Å². The lowest BCUT2D eigenvalue weighted by Crippen LogP contribution is -2.32. The normalized spacial score (nSPS) is 16.8. The van der Waals surface area contributed by atoms with E-state index in [1.54, 1.807) is 0 Å². The van der Waals surface area contributed by atoms with E-state index < -0.39 is 0 Å². The maximum atomic E-state index is 12.3. The predicted molar refractivity (Wildman–Crippen MR) is 103 cm³/mol. The lowest BCUT2D eigenvalue weighted by Gasteiger charge is -2.32. The predicted octanol–water partition coefficient (Wildman–Crippen LogP) is 3.68. The van der Waals surface area contributed by atoms with Crippen LogP contribution in [0.4, 0.5) is 5.69 Å². The largest absolute Gasteiger partial charge is 0.472 e. The monoisotopic (exact) mass is 377 g/mol. The number of rotatable bonds is 1. The van der Waals surface area contributed by atoms with Gasteiger partial charge in [0.2, 0.25) is 6.79 Å². The first-order chi connectivity index (χ1) is 13.7. The summed E-state index contributed by atoms with van der Waals surface area (Å²) >= 11 is 0. The summed E-state index contributed by atoms with van der Waals surface area (Å²) < 4.78 is 22.7. The number of hydrogen-bond donors (Lipinski definition) is 0. The third-order valence-corrected chi connectivity index (χ3v) is 5.97. The molecule has 28 heavy (non-hydrogen) atoms. The summed E-state index contributed by atoms with van der Waals surface area (Å²) in [6.45, 7) is 3.38. The van der Waals surface area contributed by atoms with Gasteiger partial charge in [-0.2, -0.15) is 0 Å². The smallest absolute Gasteiger partial charge is 0.339 e. The lowest BCUT2D eigenvalue weighted by molar-refractivity contribution is 0.174. The van der Waals surface area contributed by atoms with Gasteiger partial charge in [-0.25, -0.2) is 4.79 Å². The Morgan fingerprint density at radius 1 is 1.00 bits per heavy atom. The minimum absolute atomic E-state index is 0.194. The minimum atomic E-state index is -0.194. The molecule has 0 spiro atoms. The average molecular weight is 377 g/mol. The molecule has 0 saturated heterocycles. The molecule has 0 N–H and O–H groups in total. The number of hydrogen-bond acceptors (Lipinski definition) is 6. The zero-order chi connectivity index (χ0) is 18.8. The van der Waals surface area contributed by atoms with Gasteiger partial charge in [0, 0.05) is 40.4 Å². The molecule has 0 bridgehead atoms. The molecular weight excluding hydrogens is 358 g/mol. The summed E-state index contributed by atoms with van der Waals surface area (Å²) in [5.41, 5.74) is 5.51. The van der Waals surface area contributed by atoms with E-state index in [1.807, 2.05) is 25.1 Å². The van der Waals surface area contributed by atoms with Gasteiger partial charge < -0.3 is 23.5 Å². The summed E-state index contributed by atoms with van der Waals surface area (Å²) in [5.74, 6) is 2.36. The van der Waals surface area contributed by atoms with Crippen molar-refractivity contribution in [3.8, 4) is 17.2 Å². The van der Waals surface area contributed by atoms with Gasteiger partial charge in [0.1, 0.15) is 11.3 Å². The Labute approximate surface area is 161 Å². The molecule has 3 heterocycles. The maximum Gasteiger partial charge on any atom is 0.339 e. The van der Waals surface area contributed by atoms with Crippen LogP contribution in [0.2, 0.25) is 0 Å². The van der Waals surface area contributed by atoms with Crippen LogP contribution in [0.3, 0.4) is 0 Å². The molecule has 142 valence electrons. The molecular formula is C22H19NO5. The van der Waals surface area contributed by atoms with Crippen molar-refractivity contribution in [2.45, 2.75) is 32.7 Å². The summed E-state index contributed by atoms with van der Waals surface area (Å²) in [6, 6.07) is 8.08. The Hall–Kier alpha value is -3.15. The third kappa shape index (κ3) is 2.17. The Morgan fingerprint density at radius 3 is 2.79 bits per heavy atom. The van der Waals surface area contributed by atoms with E-state index in [0.717, 1.165) is 76.4 Å². The van der Waals surface area contributed by atoms with Gasteiger partial charge >= 0.3 is 5.63 Å². The van der Waals surface area contributed by atoms with Gasteiger partial charge in [-0.1, -0.05) is 0 Å². The van der Waals surface area contributed by atoms with E-state index in [9.17, 15) is 4.79 Å². The fourth-order valence-electron chi connectivity index (χ4n) is 4.59. The quantitative estimate of drug-likeness (QED) is 0.603. The standard InChI is InChI=1S/C22H19NO5/c1-12-20-13(7-17-15-3-2-4-16(15)22(24)28-21(12)17)9-23(10-25-20)14-5-6-18-19(8-14)27-11-26-18/h5-8H,2-4,9-11H2,1H3. The van der Waals surface area contributed by atoms with Crippen molar-refractivity contribution in [3.05, 3.63) is 56.9 Å². The zero-order valence-electron chi connectivity index (χ0n) is 15.5. The van der Waals surface area contributed by atoms with E-state index in [-0.39, 0.29) is 12.4 Å². The van der Waals surface area contributed by atoms with Crippen LogP contribution in [0.5, 0.6) is 17.2 Å². The molecule has 1 aromatic heterocycles. The Morgan fingerprint density at radius 2 is 1.86 bits per heavy atom. The average Bonchev–Trinajstić information content (AvgIpc) is 3.38. The fourth-order valence-corrected chi connectivity index (χ4v) is 4.59. The molecule has 2 aliphatic heterocycles. The highest BCUT2D eigenvalue weighted by Crippen LogP contribution is 2.40. The number of benzene rings is 2. The summed E-state index contributed by atoms with van der Waals surface area (Å²) in [6.07, 6.45) is 2.75. The molecule has 6 heteroatoms. The summed E-state index contributed by atoms with van der Waals surface area (Å²) in [7, 11) is 0. The minimum Gasteiger partial charge on any atom is -0.472 e. The van der Waals surface area contributed by atoms with Crippen molar-refractivity contribution >= 4 is 16.7 Å². The molecule has 2 aromatic carbocycles. The first-order valence-electron chi connectivity index (χ1n) is 9.57. The number of ether oxygens (including phenoxy) is 3. The molecule has 6 nitrogen and oxygen atoms in total. The first-order valence-corrected chi connectivity index (χ1v) is 9.57. The summed E-state index contributed by atoms with van der Waals surface area (Å²) in [5, 5.41) is 1.06. The molecule has 0 fully saturated rings. The molecule has 0 atom stereocenters. The SMILES string of the molecule is Cc1c2c(cc3c4c(c(=O)oc13)CCC4)CN(c1ccc3c(c1)OCO3)CO2. The Balaban J connectivity index is 1.45. The van der Waals surface area contributed by atoms with Gasteiger partial charge in [0.25, 0.3) is 0 Å². The number of fused-ring (bicyclic) bond motifs is 5. The van der Waals surface area contributed by atoms with Crippen LogP contribution >= 0.6 is 0 Å². The van der Waals surface area contributed by atoms with E-state index in [2.05, 4.69) is 11.0 Å². The second kappa shape index (κ2) is 5.67. The van der Waals surface area contributed by atoms with Gasteiger partial charge in [0.15, 0.2) is 18.2 Å². The van der Waals surface area contributed by atoms with Gasteiger partial charge in [-0.3, -0.25) is 0 Å². The van der Waals surface area contributed by atoms with E-state index in [0.29, 0.717) is 12.3 Å². The van der Waals surface area contributed by atoms with Crippen molar-refractivity contribution in [1.82, 2.24) is 0 Å². The molecule has 6 rings (SSSR count). The second-order valence-corrected chi connectivity index (χ2v) is 7.58. The first kappa shape index (κ1) is 15.9. The maximum absolute atomic E-state index is 12.3. The highest BCUT2D eigenvalue weighted by Gasteiger charge is 2.27. The van der Waals surface area contributed by atoms with Crippen molar-refractivity contribution < 1.29 is 18.6 Å². The van der Waals surface area contributed by atoms with E-state index in [4.69, 9.17) is 18.6 Å². The van der Waals surface area contributed by atoms with Gasteiger partial charge in [-0.05, 0) is 49.9 Å². The Kier molecular flexibility index (Phi) is 3.21. The van der Waals surface area contributed by atoms with Crippen LogP contribution in [0, 0.1) is 6.92 Å². The van der Waals surface area contributed by atoms with Crippen LogP contribution in [0.25, 0.3) is 11.0 Å². The van der Waals surface area contributed by atoms with Crippen LogP contribution in [-0.2, 0) is 19.4 Å². The van der Waals surface area contributed by atoms with Crippen molar-refractivity contribution in [1.29, 1.82) is 0 Å². The van der Waals surface area contributed by atoms with E-state index in [1.165, 1.54) is 0 Å². The molecule has 0 radical (unpaired) electrons. The second-order valence-electron chi connectivity index (χ2n) is 7.58. The van der Waals surface area contributed by atoms with Crippen molar-refractivity contribution in [2.75, 3.05) is 18.4 Å². The van der Waals surface area contributed by atoms with Crippen LogP contribution in [0.15, 0.2) is 33.5 Å². The number of nitrogens with zero attached hydrogens (tertiary/aromatic N) is 1. The fraction of sp³-hybridized carbons (Fsp3) is 0.318. The summed E-state index contributed by atoms with van der Waals surface area (Å²) in [4.78, 5) is 14.5. The number of anilines is 1. The Bertz CT molecular complexity index is 1200. The molecule has 1 aliphatic carbocycles. The van der Waals surface area contributed by atoms with Crippen LogP contribution in [0.1, 0.15) is 28.7 Å². The molecule has 0 unspecified atom stereocenters. The van der Waals surface area contributed by atoms with Crippen molar-refractivity contribution in [3.63, 3.8) is 0 Å². The highest BCUT2D eigenvalue weighted by atomic mass is 16.7. The van der Waals surface area contributed by atoms with Crippen LogP contribution < -0.4 is 24.7 Å². The third-order valence-electron chi connectivity index (χ3n) is 5.97. The van der Waals surface area contributed by atoms with Crippen LogP contribution in [-0.4, -0.2) is 13.5 Å². The van der Waals surface area contributed by atoms with E-state index >= 15 is 0 Å². The molecule has 0 amide bonds.